The Bertz CT molecular complexity index is 578. The molecule has 2 aromatic rings. The number of hydrogen-bond acceptors (Lipinski definition) is 3. The van der Waals surface area contributed by atoms with Crippen LogP contribution >= 0.6 is 12.2 Å². The van der Waals surface area contributed by atoms with Crippen LogP contribution in [-0.2, 0) is 13.1 Å². The maximum Gasteiger partial charge on any atom is 0.117 e. The lowest BCUT2D eigenvalue weighted by Gasteiger charge is -2.20. The molecule has 0 saturated carbocycles. The second-order valence-electron chi connectivity index (χ2n) is 4.89. The van der Waals surface area contributed by atoms with Gasteiger partial charge in [0, 0.05) is 12.1 Å². The Morgan fingerprint density at radius 2 is 2.10 bits per heavy atom. The Morgan fingerprint density at radius 3 is 2.65 bits per heavy atom. The quantitative estimate of drug-likeness (QED) is 0.829. The molecule has 2 N–H and O–H groups in total. The largest absolute Gasteiger partial charge is 0.468 e. The van der Waals surface area contributed by atoms with Gasteiger partial charge in [0.05, 0.1) is 12.8 Å². The highest BCUT2D eigenvalue weighted by atomic mass is 32.1. The zero-order valence-corrected chi connectivity index (χ0v) is 12.7. The van der Waals surface area contributed by atoms with Crippen molar-refractivity contribution in [1.82, 2.24) is 4.90 Å². The molecule has 106 valence electrons. The Hall–Kier alpha value is -1.65. The summed E-state index contributed by atoms with van der Waals surface area (Å²) in [6.45, 7) is 6.93. The maximum absolute atomic E-state index is 5.66. The van der Waals surface area contributed by atoms with Crippen molar-refractivity contribution in [2.24, 2.45) is 5.73 Å². The van der Waals surface area contributed by atoms with Crippen molar-refractivity contribution < 1.29 is 4.42 Å². The Balaban J connectivity index is 2.09. The number of furan rings is 1. The van der Waals surface area contributed by atoms with Crippen molar-refractivity contribution in [3.63, 3.8) is 0 Å². The van der Waals surface area contributed by atoms with Gasteiger partial charge in [-0.15, -0.1) is 0 Å². The SMILES string of the molecule is CCN(Cc1ccco1)Cc1ccc(C(N)=S)cc1C. The molecule has 0 aliphatic carbocycles. The predicted molar refractivity (Wildman–Crippen MR) is 85.6 cm³/mol. The molecule has 0 bridgehead atoms. The molecule has 0 spiro atoms. The first kappa shape index (κ1) is 14.8. The van der Waals surface area contributed by atoms with Crippen LogP contribution in [0.3, 0.4) is 0 Å². The smallest absolute Gasteiger partial charge is 0.117 e. The fourth-order valence-corrected chi connectivity index (χ4v) is 2.30. The zero-order valence-electron chi connectivity index (χ0n) is 11.9. The molecule has 0 atom stereocenters. The molecule has 1 heterocycles. The molecular weight excluding hydrogens is 268 g/mol. The van der Waals surface area contributed by atoms with Crippen LogP contribution in [0.15, 0.2) is 41.0 Å². The van der Waals surface area contributed by atoms with Crippen molar-refractivity contribution in [3.8, 4) is 0 Å². The molecule has 0 unspecified atom stereocenters. The Morgan fingerprint density at radius 1 is 1.30 bits per heavy atom. The highest BCUT2D eigenvalue weighted by Gasteiger charge is 2.09. The van der Waals surface area contributed by atoms with Crippen LogP contribution in [0.5, 0.6) is 0 Å². The van der Waals surface area contributed by atoms with Crippen LogP contribution in [-0.4, -0.2) is 16.4 Å². The first-order valence-corrected chi connectivity index (χ1v) is 7.15. The van der Waals surface area contributed by atoms with E-state index < -0.39 is 0 Å². The molecule has 0 saturated heterocycles. The third-order valence-corrected chi connectivity index (χ3v) is 3.66. The van der Waals surface area contributed by atoms with E-state index in [2.05, 4.69) is 30.9 Å². The molecule has 1 aromatic carbocycles. The molecule has 0 aliphatic heterocycles. The summed E-state index contributed by atoms with van der Waals surface area (Å²) in [6.07, 6.45) is 1.71. The van der Waals surface area contributed by atoms with Gasteiger partial charge in [0.15, 0.2) is 0 Å². The van der Waals surface area contributed by atoms with Crippen LogP contribution in [0.4, 0.5) is 0 Å². The van der Waals surface area contributed by atoms with Gasteiger partial charge in [-0.05, 0) is 42.8 Å². The highest BCUT2D eigenvalue weighted by Crippen LogP contribution is 2.15. The fourth-order valence-electron chi connectivity index (χ4n) is 2.17. The van der Waals surface area contributed by atoms with Crippen LogP contribution in [0.25, 0.3) is 0 Å². The van der Waals surface area contributed by atoms with Crippen molar-refractivity contribution in [3.05, 3.63) is 59.0 Å². The van der Waals surface area contributed by atoms with Gasteiger partial charge in [-0.2, -0.15) is 0 Å². The van der Waals surface area contributed by atoms with Crippen molar-refractivity contribution in [2.45, 2.75) is 26.9 Å². The number of hydrogen-bond donors (Lipinski definition) is 1. The van der Waals surface area contributed by atoms with Gasteiger partial charge in [-0.3, -0.25) is 4.90 Å². The van der Waals surface area contributed by atoms with E-state index in [1.807, 2.05) is 18.2 Å². The molecule has 0 amide bonds. The Kier molecular flexibility index (Phi) is 4.93. The van der Waals surface area contributed by atoms with Gasteiger partial charge in [-0.25, -0.2) is 0 Å². The van der Waals surface area contributed by atoms with Crippen LogP contribution in [0.2, 0.25) is 0 Å². The lowest BCUT2D eigenvalue weighted by atomic mass is 10.0. The number of rotatable bonds is 6. The van der Waals surface area contributed by atoms with Gasteiger partial charge < -0.3 is 10.2 Å². The van der Waals surface area contributed by atoms with Gasteiger partial charge in [0.25, 0.3) is 0 Å². The van der Waals surface area contributed by atoms with Crippen LogP contribution < -0.4 is 5.73 Å². The lowest BCUT2D eigenvalue weighted by Crippen LogP contribution is -2.22. The molecule has 0 fully saturated rings. The number of aryl methyl sites for hydroxylation is 1. The summed E-state index contributed by atoms with van der Waals surface area (Å²) in [5, 5.41) is 0. The standard InChI is InChI=1S/C16H20N2OS/c1-3-18(11-15-5-4-8-19-15)10-14-7-6-13(16(17)20)9-12(14)2/h4-9H,3,10-11H2,1-2H3,(H2,17,20). The van der Waals surface area contributed by atoms with E-state index in [0.29, 0.717) is 4.99 Å². The number of benzene rings is 1. The monoisotopic (exact) mass is 288 g/mol. The van der Waals surface area contributed by atoms with Crippen molar-refractivity contribution in [1.29, 1.82) is 0 Å². The van der Waals surface area contributed by atoms with Crippen molar-refractivity contribution in [2.75, 3.05) is 6.54 Å². The molecule has 2 rings (SSSR count). The second kappa shape index (κ2) is 6.68. The van der Waals surface area contributed by atoms with E-state index >= 15 is 0 Å². The molecule has 0 radical (unpaired) electrons. The van der Waals surface area contributed by atoms with Gasteiger partial charge in [0.1, 0.15) is 10.7 Å². The van der Waals surface area contributed by atoms with Gasteiger partial charge in [0.2, 0.25) is 0 Å². The minimum Gasteiger partial charge on any atom is -0.468 e. The van der Waals surface area contributed by atoms with Crippen LogP contribution in [0, 0.1) is 6.92 Å². The summed E-state index contributed by atoms with van der Waals surface area (Å²) < 4.78 is 5.41. The average molecular weight is 288 g/mol. The average Bonchev–Trinajstić information content (AvgIpc) is 2.92. The van der Waals surface area contributed by atoms with Crippen LogP contribution in [0.1, 0.15) is 29.4 Å². The molecule has 4 heteroatoms. The first-order chi connectivity index (χ1) is 9.60. The number of nitrogens with zero attached hydrogens (tertiary/aromatic N) is 1. The van der Waals surface area contributed by atoms with Gasteiger partial charge in [-0.1, -0.05) is 31.3 Å². The van der Waals surface area contributed by atoms with Gasteiger partial charge >= 0.3 is 0 Å². The van der Waals surface area contributed by atoms with E-state index in [4.69, 9.17) is 22.4 Å². The fraction of sp³-hybridized carbons (Fsp3) is 0.312. The number of thiocarbonyl (C=S) groups is 1. The topological polar surface area (TPSA) is 42.4 Å². The third-order valence-electron chi connectivity index (χ3n) is 3.43. The third kappa shape index (κ3) is 3.68. The molecule has 3 nitrogen and oxygen atoms in total. The molecule has 0 aliphatic rings. The van der Waals surface area contributed by atoms with E-state index in [9.17, 15) is 0 Å². The van der Waals surface area contributed by atoms with E-state index in [1.165, 1.54) is 11.1 Å². The van der Waals surface area contributed by atoms with E-state index in [-0.39, 0.29) is 0 Å². The lowest BCUT2D eigenvalue weighted by molar-refractivity contribution is 0.247. The van der Waals surface area contributed by atoms with E-state index in [0.717, 1.165) is 31.0 Å². The predicted octanol–water partition coefficient (Wildman–Crippen LogP) is 3.24. The maximum atomic E-state index is 5.66. The second-order valence-corrected chi connectivity index (χ2v) is 5.33. The summed E-state index contributed by atoms with van der Waals surface area (Å²) in [7, 11) is 0. The summed E-state index contributed by atoms with van der Waals surface area (Å²) >= 11 is 5.01. The van der Waals surface area contributed by atoms with Crippen molar-refractivity contribution >= 4 is 17.2 Å². The minimum absolute atomic E-state index is 0.447. The zero-order chi connectivity index (χ0) is 14.5. The summed E-state index contributed by atoms with van der Waals surface area (Å²) in [4.78, 5) is 2.78. The summed E-state index contributed by atoms with van der Waals surface area (Å²) in [5.41, 5.74) is 9.09. The summed E-state index contributed by atoms with van der Waals surface area (Å²) in [5.74, 6) is 0.990. The molecular formula is C16H20N2OS. The van der Waals surface area contributed by atoms with E-state index in [1.54, 1.807) is 6.26 Å². The Labute approximate surface area is 125 Å². The summed E-state index contributed by atoms with van der Waals surface area (Å²) in [6, 6.07) is 10.1. The minimum atomic E-state index is 0.447. The molecule has 1 aromatic heterocycles. The molecule has 20 heavy (non-hydrogen) atoms. The highest BCUT2D eigenvalue weighted by molar-refractivity contribution is 7.80. The first-order valence-electron chi connectivity index (χ1n) is 6.74. The number of nitrogens with two attached hydrogens (primary N) is 1. The normalized spacial score (nSPS) is 10.9.